The number of nitrogens with one attached hydrogen (secondary N) is 2. The average Bonchev–Trinajstić information content (AvgIpc) is 2.74. The summed E-state index contributed by atoms with van der Waals surface area (Å²) >= 11 is 0. The van der Waals surface area contributed by atoms with E-state index in [0.29, 0.717) is 13.0 Å². The lowest BCUT2D eigenvalue weighted by atomic mass is 10.1. The normalized spacial score (nSPS) is 10.9. The molecule has 2 N–H and O–H groups in total. The summed E-state index contributed by atoms with van der Waals surface area (Å²) in [5.74, 6) is 0.394. The Morgan fingerprint density at radius 3 is 2.57 bits per heavy atom. The fraction of sp³-hybridized carbons (Fsp3) is 0.130. The number of amides is 1. The third-order valence-electron chi connectivity index (χ3n) is 4.39. The van der Waals surface area contributed by atoms with Crippen LogP contribution >= 0.6 is 0 Å². The second-order valence-electron chi connectivity index (χ2n) is 6.19. The number of nitrogens with zero attached hydrogens (tertiary/aromatic N) is 1. The Balaban J connectivity index is 1.60. The van der Waals surface area contributed by atoms with Crippen LogP contribution < -0.4 is 15.4 Å². The highest BCUT2D eigenvalue weighted by molar-refractivity contribution is 5.98. The quantitative estimate of drug-likeness (QED) is 0.486. The molecule has 0 atom stereocenters. The molecule has 0 radical (unpaired) electrons. The van der Waals surface area contributed by atoms with E-state index in [9.17, 15) is 10.1 Å². The Hall–Kier alpha value is -3.78. The zero-order valence-corrected chi connectivity index (χ0v) is 15.6. The summed E-state index contributed by atoms with van der Waals surface area (Å²) in [7, 11) is 1.62. The molecule has 5 nitrogen and oxygen atoms in total. The predicted molar refractivity (Wildman–Crippen MR) is 111 cm³/mol. The van der Waals surface area contributed by atoms with Crippen molar-refractivity contribution in [2.75, 3.05) is 19.0 Å². The van der Waals surface area contributed by atoms with E-state index in [0.717, 1.165) is 27.8 Å². The van der Waals surface area contributed by atoms with E-state index >= 15 is 0 Å². The number of methoxy groups -OCH3 is 1. The summed E-state index contributed by atoms with van der Waals surface area (Å²) in [6.45, 7) is 0.443. The molecule has 0 bridgehead atoms. The summed E-state index contributed by atoms with van der Waals surface area (Å²) in [6.07, 6.45) is 2.12. The first-order chi connectivity index (χ1) is 13.7. The minimum Gasteiger partial charge on any atom is -0.497 e. The Labute approximate surface area is 164 Å². The van der Waals surface area contributed by atoms with Crippen LogP contribution in [0.2, 0.25) is 0 Å². The SMILES string of the molecule is COc1ccc(CCNC(=O)/C(C#N)=C\Nc2cccc3ccccc23)cc1. The molecule has 0 aliphatic heterocycles. The summed E-state index contributed by atoms with van der Waals surface area (Å²) in [5, 5.41) is 17.3. The van der Waals surface area contributed by atoms with Gasteiger partial charge in [-0.05, 0) is 35.6 Å². The van der Waals surface area contributed by atoms with Crippen LogP contribution in [-0.4, -0.2) is 19.6 Å². The van der Waals surface area contributed by atoms with Crippen molar-refractivity contribution >= 4 is 22.4 Å². The minimum atomic E-state index is -0.399. The molecule has 0 fully saturated rings. The van der Waals surface area contributed by atoms with E-state index in [4.69, 9.17) is 4.74 Å². The van der Waals surface area contributed by atoms with Gasteiger partial charge < -0.3 is 15.4 Å². The van der Waals surface area contributed by atoms with Crippen LogP contribution in [0.1, 0.15) is 5.56 Å². The van der Waals surface area contributed by atoms with E-state index in [1.165, 1.54) is 6.20 Å². The van der Waals surface area contributed by atoms with Crippen molar-refractivity contribution in [3.05, 3.63) is 84.1 Å². The van der Waals surface area contributed by atoms with E-state index < -0.39 is 5.91 Å². The van der Waals surface area contributed by atoms with Crippen molar-refractivity contribution in [3.63, 3.8) is 0 Å². The number of hydrogen-bond donors (Lipinski definition) is 2. The maximum atomic E-state index is 12.3. The number of ether oxygens (including phenoxy) is 1. The van der Waals surface area contributed by atoms with Gasteiger partial charge in [0.25, 0.3) is 5.91 Å². The Morgan fingerprint density at radius 1 is 1.07 bits per heavy atom. The first kappa shape index (κ1) is 19.0. The third kappa shape index (κ3) is 4.68. The van der Waals surface area contributed by atoms with E-state index in [2.05, 4.69) is 10.6 Å². The lowest BCUT2D eigenvalue weighted by Crippen LogP contribution is -2.27. The van der Waals surface area contributed by atoms with Crippen molar-refractivity contribution in [1.29, 1.82) is 5.26 Å². The van der Waals surface area contributed by atoms with Crippen molar-refractivity contribution in [1.82, 2.24) is 5.32 Å². The average molecular weight is 371 g/mol. The lowest BCUT2D eigenvalue weighted by Gasteiger charge is -2.08. The maximum absolute atomic E-state index is 12.3. The van der Waals surface area contributed by atoms with Gasteiger partial charge in [0.2, 0.25) is 0 Å². The van der Waals surface area contributed by atoms with Gasteiger partial charge in [-0.25, -0.2) is 0 Å². The van der Waals surface area contributed by atoms with Crippen LogP contribution in [0.15, 0.2) is 78.5 Å². The highest BCUT2D eigenvalue weighted by atomic mass is 16.5. The van der Waals surface area contributed by atoms with Crippen LogP contribution in [0, 0.1) is 11.3 Å². The smallest absolute Gasteiger partial charge is 0.263 e. The molecule has 0 saturated heterocycles. The predicted octanol–water partition coefficient (Wildman–Crippen LogP) is 4.03. The number of carbonyl (C=O) groups excluding carboxylic acids is 1. The molecule has 140 valence electrons. The van der Waals surface area contributed by atoms with Gasteiger partial charge in [-0.3, -0.25) is 4.79 Å². The Kier molecular flexibility index (Phi) is 6.27. The van der Waals surface area contributed by atoms with Crippen LogP contribution in [0.3, 0.4) is 0 Å². The van der Waals surface area contributed by atoms with Crippen molar-refractivity contribution < 1.29 is 9.53 Å². The number of fused-ring (bicyclic) bond motifs is 1. The molecule has 0 unspecified atom stereocenters. The molecule has 3 aromatic rings. The van der Waals surface area contributed by atoms with Crippen LogP contribution in [0.25, 0.3) is 10.8 Å². The summed E-state index contributed by atoms with van der Waals surface area (Å²) < 4.78 is 5.13. The van der Waals surface area contributed by atoms with Gasteiger partial charge in [-0.15, -0.1) is 0 Å². The summed E-state index contributed by atoms with van der Waals surface area (Å²) in [5.41, 5.74) is 1.96. The minimum absolute atomic E-state index is 0.0302. The number of carbonyl (C=O) groups is 1. The van der Waals surface area contributed by atoms with Crippen LogP contribution in [0.4, 0.5) is 5.69 Å². The van der Waals surface area contributed by atoms with Gasteiger partial charge in [0, 0.05) is 23.8 Å². The fourth-order valence-corrected chi connectivity index (χ4v) is 2.86. The number of benzene rings is 3. The Morgan fingerprint density at radius 2 is 1.82 bits per heavy atom. The molecule has 0 spiro atoms. The summed E-state index contributed by atoms with van der Waals surface area (Å²) in [4.78, 5) is 12.3. The number of anilines is 1. The molecule has 1 amide bonds. The third-order valence-corrected chi connectivity index (χ3v) is 4.39. The number of rotatable bonds is 7. The van der Waals surface area contributed by atoms with E-state index in [1.54, 1.807) is 7.11 Å². The number of nitriles is 1. The topological polar surface area (TPSA) is 74.1 Å². The zero-order chi connectivity index (χ0) is 19.8. The Bertz CT molecular complexity index is 1030. The monoisotopic (exact) mass is 371 g/mol. The molecular formula is C23H21N3O2. The molecule has 0 aliphatic rings. The standard InChI is InChI=1S/C23H21N3O2/c1-28-20-11-9-17(10-12-20)13-14-25-23(27)19(15-24)16-26-22-8-4-6-18-5-2-3-7-21(18)22/h2-12,16,26H,13-14H2,1H3,(H,25,27)/b19-16-. The number of hydrogen-bond acceptors (Lipinski definition) is 4. The van der Waals surface area contributed by atoms with Crippen LogP contribution in [0.5, 0.6) is 5.75 Å². The second-order valence-corrected chi connectivity index (χ2v) is 6.19. The van der Waals surface area contributed by atoms with Crippen LogP contribution in [-0.2, 0) is 11.2 Å². The van der Waals surface area contributed by atoms with Gasteiger partial charge >= 0.3 is 0 Å². The first-order valence-electron chi connectivity index (χ1n) is 8.97. The largest absolute Gasteiger partial charge is 0.497 e. The lowest BCUT2D eigenvalue weighted by molar-refractivity contribution is -0.117. The van der Waals surface area contributed by atoms with Gasteiger partial charge in [-0.2, -0.15) is 5.26 Å². The maximum Gasteiger partial charge on any atom is 0.263 e. The molecule has 5 heteroatoms. The van der Waals surface area contributed by atoms with Gasteiger partial charge in [0.05, 0.1) is 7.11 Å². The fourth-order valence-electron chi connectivity index (χ4n) is 2.86. The molecular weight excluding hydrogens is 350 g/mol. The van der Waals surface area contributed by atoms with Crippen molar-refractivity contribution in [2.24, 2.45) is 0 Å². The molecule has 0 aliphatic carbocycles. The molecule has 0 heterocycles. The van der Waals surface area contributed by atoms with Gasteiger partial charge in [-0.1, -0.05) is 48.5 Å². The molecule has 3 aromatic carbocycles. The summed E-state index contributed by atoms with van der Waals surface area (Å²) in [6, 6.07) is 23.4. The van der Waals surface area contributed by atoms with E-state index in [-0.39, 0.29) is 5.57 Å². The zero-order valence-electron chi connectivity index (χ0n) is 15.6. The highest BCUT2D eigenvalue weighted by Crippen LogP contribution is 2.23. The first-order valence-corrected chi connectivity index (χ1v) is 8.97. The van der Waals surface area contributed by atoms with Gasteiger partial charge in [0.15, 0.2) is 0 Å². The molecule has 0 aromatic heterocycles. The van der Waals surface area contributed by atoms with Crippen molar-refractivity contribution in [2.45, 2.75) is 6.42 Å². The van der Waals surface area contributed by atoms with E-state index in [1.807, 2.05) is 72.8 Å². The molecule has 28 heavy (non-hydrogen) atoms. The molecule has 3 rings (SSSR count). The van der Waals surface area contributed by atoms with Crippen molar-refractivity contribution in [3.8, 4) is 11.8 Å². The molecule has 0 saturated carbocycles. The second kappa shape index (κ2) is 9.24. The van der Waals surface area contributed by atoms with Gasteiger partial charge in [0.1, 0.15) is 17.4 Å². The highest BCUT2D eigenvalue weighted by Gasteiger charge is 2.08.